The number of hydrogen-bond donors (Lipinski definition) is 0. The van der Waals surface area contributed by atoms with Crippen LogP contribution >= 0.6 is 11.8 Å². The van der Waals surface area contributed by atoms with Crippen molar-refractivity contribution in [1.29, 1.82) is 0 Å². The lowest BCUT2D eigenvalue weighted by atomic mass is 10.1. The normalized spacial score (nSPS) is 11.1. The van der Waals surface area contributed by atoms with Gasteiger partial charge in [-0.1, -0.05) is 54.2 Å². The maximum atomic E-state index is 12.5. The van der Waals surface area contributed by atoms with Crippen LogP contribution in [0.2, 0.25) is 0 Å². The van der Waals surface area contributed by atoms with Crippen LogP contribution in [-0.2, 0) is 0 Å². The Bertz CT molecular complexity index is 1010. The van der Waals surface area contributed by atoms with E-state index < -0.39 is 0 Å². The molecule has 23 heavy (non-hydrogen) atoms. The Kier molecular flexibility index (Phi) is 3.60. The quantitative estimate of drug-likeness (QED) is 0.411. The third kappa shape index (κ3) is 2.73. The zero-order chi connectivity index (χ0) is 15.6. The zero-order valence-electron chi connectivity index (χ0n) is 12.3. The molecule has 112 valence electrons. The van der Waals surface area contributed by atoms with Gasteiger partial charge in [-0.2, -0.15) is 0 Å². The van der Waals surface area contributed by atoms with Gasteiger partial charge in [0.15, 0.2) is 10.9 Å². The summed E-state index contributed by atoms with van der Waals surface area (Å²) in [5.74, 6) is 0.500. The fraction of sp³-hybridized carbons (Fsp3) is 0.0526. The summed E-state index contributed by atoms with van der Waals surface area (Å²) >= 11 is 1.47. The first-order valence-electron chi connectivity index (χ1n) is 7.38. The number of imidazole rings is 1. The van der Waals surface area contributed by atoms with Crippen LogP contribution < -0.4 is 0 Å². The minimum atomic E-state index is 0.119. The van der Waals surface area contributed by atoms with Crippen molar-refractivity contribution in [1.82, 2.24) is 9.38 Å². The summed E-state index contributed by atoms with van der Waals surface area (Å²) in [6, 6.07) is 19.9. The smallest absolute Gasteiger partial charge is 0.173 e. The monoisotopic (exact) mass is 318 g/mol. The highest BCUT2D eigenvalue weighted by Crippen LogP contribution is 2.21. The van der Waals surface area contributed by atoms with E-state index in [0.29, 0.717) is 5.75 Å². The van der Waals surface area contributed by atoms with E-state index in [1.165, 1.54) is 11.8 Å². The van der Waals surface area contributed by atoms with Crippen molar-refractivity contribution in [3.63, 3.8) is 0 Å². The van der Waals surface area contributed by atoms with Crippen molar-refractivity contribution in [2.24, 2.45) is 0 Å². The highest BCUT2D eigenvalue weighted by atomic mass is 32.2. The molecule has 2 aromatic carbocycles. The second kappa shape index (κ2) is 5.89. The molecule has 0 unspecified atom stereocenters. The number of carbonyl (C=O) groups is 1. The number of rotatable bonds is 4. The fourth-order valence-corrected chi connectivity index (χ4v) is 3.46. The molecule has 0 aliphatic carbocycles. The van der Waals surface area contributed by atoms with Crippen molar-refractivity contribution in [2.75, 3.05) is 5.75 Å². The van der Waals surface area contributed by atoms with E-state index >= 15 is 0 Å². The number of nitrogens with zero attached hydrogens (tertiary/aromatic N) is 2. The third-order valence-corrected chi connectivity index (χ3v) is 4.78. The average Bonchev–Trinajstić information content (AvgIpc) is 3.02. The summed E-state index contributed by atoms with van der Waals surface area (Å²) in [5, 5.41) is 3.08. The lowest BCUT2D eigenvalue weighted by Crippen LogP contribution is -2.03. The number of pyridine rings is 1. The van der Waals surface area contributed by atoms with E-state index in [1.54, 1.807) is 0 Å². The molecule has 0 radical (unpaired) electrons. The number of carbonyl (C=O) groups excluding carboxylic acids is 1. The van der Waals surface area contributed by atoms with Gasteiger partial charge < -0.3 is 0 Å². The molecule has 0 aliphatic heterocycles. The van der Waals surface area contributed by atoms with E-state index in [2.05, 4.69) is 11.1 Å². The van der Waals surface area contributed by atoms with Crippen LogP contribution in [0, 0.1) is 0 Å². The van der Waals surface area contributed by atoms with Crippen molar-refractivity contribution in [3.8, 4) is 0 Å². The van der Waals surface area contributed by atoms with Crippen molar-refractivity contribution in [2.45, 2.75) is 5.16 Å². The van der Waals surface area contributed by atoms with Crippen LogP contribution in [0.5, 0.6) is 0 Å². The van der Waals surface area contributed by atoms with Gasteiger partial charge >= 0.3 is 0 Å². The Morgan fingerprint density at radius 1 is 1.00 bits per heavy atom. The summed E-state index contributed by atoms with van der Waals surface area (Å²) in [4.78, 5) is 16.8. The van der Waals surface area contributed by atoms with Crippen LogP contribution in [0.1, 0.15) is 10.4 Å². The Balaban J connectivity index is 1.55. The molecule has 4 heteroatoms. The van der Waals surface area contributed by atoms with Gasteiger partial charge in [0.05, 0.1) is 17.5 Å². The van der Waals surface area contributed by atoms with Gasteiger partial charge in [0, 0.05) is 11.8 Å². The van der Waals surface area contributed by atoms with Crippen molar-refractivity contribution in [3.05, 3.63) is 78.6 Å². The summed E-state index contributed by atoms with van der Waals surface area (Å²) < 4.78 is 2.00. The number of thioether (sulfide) groups is 1. The number of Topliss-reactive ketones (excluding diaryl/α,β-unsaturated/α-hetero) is 1. The predicted octanol–water partition coefficient (Wildman–Crippen LogP) is 4.46. The standard InChI is InChI=1S/C19H14N2OS/c22-18(16-9-8-14-5-1-2-6-15(14)11-16)13-23-19-20-12-17-7-3-4-10-21(17)19/h1-12H,13H2. The van der Waals surface area contributed by atoms with Gasteiger partial charge in [0.1, 0.15) is 0 Å². The van der Waals surface area contributed by atoms with Crippen LogP contribution in [0.25, 0.3) is 16.3 Å². The molecule has 0 bridgehead atoms. The largest absolute Gasteiger partial charge is 0.295 e. The van der Waals surface area contributed by atoms with Gasteiger partial charge in [-0.05, 0) is 29.0 Å². The fourth-order valence-electron chi connectivity index (χ4n) is 2.60. The lowest BCUT2D eigenvalue weighted by Gasteiger charge is -2.03. The molecule has 2 heterocycles. The maximum absolute atomic E-state index is 12.5. The Labute approximate surface area is 138 Å². The topological polar surface area (TPSA) is 34.4 Å². The first-order chi connectivity index (χ1) is 11.3. The van der Waals surface area contributed by atoms with Crippen LogP contribution in [0.15, 0.2) is 78.2 Å². The number of benzene rings is 2. The molecule has 0 spiro atoms. The third-order valence-electron chi connectivity index (χ3n) is 3.81. The number of aromatic nitrogens is 2. The summed E-state index contributed by atoms with van der Waals surface area (Å²) in [6.45, 7) is 0. The van der Waals surface area contributed by atoms with E-state index in [0.717, 1.165) is 27.0 Å². The molecule has 2 aromatic heterocycles. The van der Waals surface area contributed by atoms with Gasteiger partial charge in [0.25, 0.3) is 0 Å². The van der Waals surface area contributed by atoms with Gasteiger partial charge in [-0.25, -0.2) is 4.98 Å². The average molecular weight is 318 g/mol. The van der Waals surface area contributed by atoms with Gasteiger partial charge in [-0.3, -0.25) is 9.20 Å². The molecular formula is C19H14N2OS. The van der Waals surface area contributed by atoms with Crippen LogP contribution in [-0.4, -0.2) is 20.9 Å². The molecule has 0 aliphatic rings. The van der Waals surface area contributed by atoms with E-state index in [4.69, 9.17) is 0 Å². The highest BCUT2D eigenvalue weighted by Gasteiger charge is 2.10. The summed E-state index contributed by atoms with van der Waals surface area (Å²) in [7, 11) is 0. The van der Waals surface area contributed by atoms with Crippen molar-refractivity contribution >= 4 is 33.8 Å². The molecular weight excluding hydrogens is 304 g/mol. The predicted molar refractivity (Wildman–Crippen MR) is 94.2 cm³/mol. The first kappa shape index (κ1) is 14.0. The van der Waals surface area contributed by atoms with E-state index in [9.17, 15) is 4.79 Å². The molecule has 0 N–H and O–H groups in total. The zero-order valence-corrected chi connectivity index (χ0v) is 13.2. The van der Waals surface area contributed by atoms with Gasteiger partial charge in [-0.15, -0.1) is 0 Å². The SMILES string of the molecule is O=C(CSc1ncc2ccccn12)c1ccc2ccccc2c1. The number of hydrogen-bond acceptors (Lipinski definition) is 3. The summed E-state index contributed by atoms with van der Waals surface area (Å²) in [5.41, 5.74) is 1.78. The second-order valence-corrected chi connectivity index (χ2v) is 6.25. The summed E-state index contributed by atoms with van der Waals surface area (Å²) in [6.07, 6.45) is 3.79. The van der Waals surface area contributed by atoms with Crippen LogP contribution in [0.3, 0.4) is 0 Å². The van der Waals surface area contributed by atoms with Crippen molar-refractivity contribution < 1.29 is 4.79 Å². The number of ketones is 1. The highest BCUT2D eigenvalue weighted by molar-refractivity contribution is 7.99. The molecule has 4 rings (SSSR count). The lowest BCUT2D eigenvalue weighted by molar-refractivity contribution is 0.102. The molecule has 0 fully saturated rings. The van der Waals surface area contributed by atoms with Crippen LogP contribution in [0.4, 0.5) is 0 Å². The molecule has 3 nitrogen and oxygen atoms in total. The van der Waals surface area contributed by atoms with Gasteiger partial charge in [0.2, 0.25) is 0 Å². The minimum Gasteiger partial charge on any atom is -0.295 e. The molecule has 0 saturated heterocycles. The number of fused-ring (bicyclic) bond motifs is 2. The van der Waals surface area contributed by atoms with E-state index in [-0.39, 0.29) is 5.78 Å². The Morgan fingerprint density at radius 2 is 1.83 bits per heavy atom. The Morgan fingerprint density at radius 3 is 2.74 bits per heavy atom. The molecule has 0 saturated carbocycles. The van der Waals surface area contributed by atoms with E-state index in [1.807, 2.05) is 71.4 Å². The Hall–Kier alpha value is -2.59. The maximum Gasteiger partial charge on any atom is 0.173 e. The first-order valence-corrected chi connectivity index (χ1v) is 8.37. The molecule has 0 atom stereocenters. The second-order valence-electron chi connectivity index (χ2n) is 5.31. The molecule has 0 amide bonds. The minimum absolute atomic E-state index is 0.119. The molecule has 4 aromatic rings.